The summed E-state index contributed by atoms with van der Waals surface area (Å²) in [6.07, 6.45) is 2.48. The summed E-state index contributed by atoms with van der Waals surface area (Å²) in [7, 11) is 0. The van der Waals surface area contributed by atoms with Crippen molar-refractivity contribution in [2.24, 2.45) is 0 Å². The molecule has 1 saturated heterocycles. The monoisotopic (exact) mass is 170 g/mol. The summed E-state index contributed by atoms with van der Waals surface area (Å²) in [6.45, 7) is 3.21. The zero-order chi connectivity index (χ0) is 8.97. The van der Waals surface area contributed by atoms with Gasteiger partial charge in [0.25, 0.3) is 0 Å². The Morgan fingerprint density at radius 1 is 1.75 bits per heavy atom. The number of amides is 2. The molecule has 2 amide bonds. The van der Waals surface area contributed by atoms with Crippen LogP contribution in [0.15, 0.2) is 0 Å². The highest BCUT2D eigenvalue weighted by atomic mass is 16.2. The SMILES string of the molecule is CCNC(=O)[C@@H]1CCCN1C=O. The van der Waals surface area contributed by atoms with Gasteiger partial charge in [-0.25, -0.2) is 0 Å². The lowest BCUT2D eigenvalue weighted by atomic mass is 10.2. The average Bonchev–Trinajstić information content (AvgIpc) is 2.51. The Balaban J connectivity index is 2.49. The highest BCUT2D eigenvalue weighted by Crippen LogP contribution is 2.14. The Hall–Kier alpha value is -1.06. The van der Waals surface area contributed by atoms with E-state index < -0.39 is 0 Å². The van der Waals surface area contributed by atoms with Crippen molar-refractivity contribution in [1.29, 1.82) is 0 Å². The van der Waals surface area contributed by atoms with Crippen LogP contribution in [0.3, 0.4) is 0 Å². The molecule has 0 aromatic rings. The van der Waals surface area contributed by atoms with Crippen molar-refractivity contribution in [3.05, 3.63) is 0 Å². The van der Waals surface area contributed by atoms with Crippen LogP contribution in [0.4, 0.5) is 0 Å². The normalized spacial score (nSPS) is 22.4. The van der Waals surface area contributed by atoms with Crippen molar-refractivity contribution in [3.8, 4) is 0 Å². The third-order valence-electron chi connectivity index (χ3n) is 2.08. The molecule has 68 valence electrons. The third kappa shape index (κ3) is 1.75. The molecule has 1 N–H and O–H groups in total. The Morgan fingerprint density at radius 3 is 3.08 bits per heavy atom. The molecule has 12 heavy (non-hydrogen) atoms. The molecule has 1 aliphatic heterocycles. The number of hydrogen-bond donors (Lipinski definition) is 1. The Bertz CT molecular complexity index is 182. The summed E-state index contributed by atoms with van der Waals surface area (Å²) in [4.78, 5) is 23.3. The summed E-state index contributed by atoms with van der Waals surface area (Å²) >= 11 is 0. The van der Waals surface area contributed by atoms with Gasteiger partial charge >= 0.3 is 0 Å². The van der Waals surface area contributed by atoms with E-state index in [-0.39, 0.29) is 11.9 Å². The topological polar surface area (TPSA) is 49.4 Å². The van der Waals surface area contributed by atoms with Crippen molar-refractivity contribution < 1.29 is 9.59 Å². The minimum absolute atomic E-state index is 0.0258. The van der Waals surface area contributed by atoms with E-state index in [0.29, 0.717) is 13.1 Å². The summed E-state index contributed by atoms with van der Waals surface area (Å²) in [5.41, 5.74) is 0. The second-order valence-electron chi connectivity index (χ2n) is 2.90. The number of nitrogens with zero attached hydrogens (tertiary/aromatic N) is 1. The molecule has 0 spiro atoms. The molecule has 4 nitrogen and oxygen atoms in total. The molecular formula is C8H14N2O2. The Morgan fingerprint density at radius 2 is 2.50 bits per heavy atom. The van der Waals surface area contributed by atoms with Crippen molar-refractivity contribution >= 4 is 12.3 Å². The van der Waals surface area contributed by atoms with E-state index in [2.05, 4.69) is 5.32 Å². The van der Waals surface area contributed by atoms with Gasteiger partial charge in [-0.1, -0.05) is 0 Å². The first-order valence-corrected chi connectivity index (χ1v) is 4.28. The summed E-state index contributed by atoms with van der Waals surface area (Å²) in [5.74, 6) is -0.0258. The molecule has 4 heteroatoms. The van der Waals surface area contributed by atoms with Crippen molar-refractivity contribution in [3.63, 3.8) is 0 Å². The predicted octanol–water partition coefficient (Wildman–Crippen LogP) is -0.257. The minimum atomic E-state index is -0.220. The van der Waals surface area contributed by atoms with Gasteiger partial charge in [0, 0.05) is 13.1 Å². The van der Waals surface area contributed by atoms with Crippen LogP contribution in [-0.4, -0.2) is 36.3 Å². The maximum absolute atomic E-state index is 11.3. The number of likely N-dealkylation sites (tertiary alicyclic amines) is 1. The van der Waals surface area contributed by atoms with Crippen LogP contribution in [0.2, 0.25) is 0 Å². The molecule has 0 aromatic heterocycles. The fourth-order valence-electron chi connectivity index (χ4n) is 1.49. The minimum Gasteiger partial charge on any atom is -0.355 e. The standard InChI is InChI=1S/C8H14N2O2/c1-2-9-8(12)7-4-3-5-10(7)6-11/h6-7H,2-5H2,1H3,(H,9,12)/t7-/m0/s1. The first kappa shape index (κ1) is 9.03. The van der Waals surface area contributed by atoms with Crippen molar-refractivity contribution in [2.75, 3.05) is 13.1 Å². The van der Waals surface area contributed by atoms with Crippen LogP contribution in [0.5, 0.6) is 0 Å². The number of rotatable bonds is 3. The predicted molar refractivity (Wildman–Crippen MR) is 44.5 cm³/mol. The molecule has 0 unspecified atom stereocenters. The van der Waals surface area contributed by atoms with E-state index in [4.69, 9.17) is 0 Å². The van der Waals surface area contributed by atoms with E-state index in [9.17, 15) is 9.59 Å². The summed E-state index contributed by atoms with van der Waals surface area (Å²) < 4.78 is 0. The average molecular weight is 170 g/mol. The lowest BCUT2D eigenvalue weighted by Gasteiger charge is -2.18. The van der Waals surface area contributed by atoms with E-state index in [1.807, 2.05) is 6.92 Å². The van der Waals surface area contributed by atoms with Gasteiger partial charge < -0.3 is 10.2 Å². The smallest absolute Gasteiger partial charge is 0.242 e. The van der Waals surface area contributed by atoms with Crippen LogP contribution < -0.4 is 5.32 Å². The van der Waals surface area contributed by atoms with Gasteiger partial charge in [-0.05, 0) is 19.8 Å². The lowest BCUT2D eigenvalue weighted by Crippen LogP contribution is -2.42. The number of nitrogens with one attached hydrogen (secondary N) is 1. The molecule has 0 bridgehead atoms. The van der Waals surface area contributed by atoms with Gasteiger partial charge in [0.05, 0.1) is 0 Å². The molecule has 0 aromatic carbocycles. The largest absolute Gasteiger partial charge is 0.355 e. The van der Waals surface area contributed by atoms with Gasteiger partial charge in [-0.2, -0.15) is 0 Å². The molecule has 1 rings (SSSR count). The fraction of sp³-hybridized carbons (Fsp3) is 0.750. The van der Waals surface area contributed by atoms with Crippen LogP contribution in [0.25, 0.3) is 0 Å². The zero-order valence-electron chi connectivity index (χ0n) is 7.25. The third-order valence-corrected chi connectivity index (χ3v) is 2.08. The summed E-state index contributed by atoms with van der Waals surface area (Å²) in [6, 6.07) is -0.220. The molecule has 1 fully saturated rings. The fourth-order valence-corrected chi connectivity index (χ4v) is 1.49. The maximum Gasteiger partial charge on any atom is 0.242 e. The number of carbonyl (C=O) groups excluding carboxylic acids is 2. The van der Waals surface area contributed by atoms with E-state index in [1.165, 1.54) is 0 Å². The van der Waals surface area contributed by atoms with Gasteiger partial charge in [0.2, 0.25) is 12.3 Å². The van der Waals surface area contributed by atoms with Crippen LogP contribution >= 0.6 is 0 Å². The summed E-state index contributed by atoms with van der Waals surface area (Å²) in [5, 5.41) is 2.71. The second-order valence-corrected chi connectivity index (χ2v) is 2.90. The lowest BCUT2D eigenvalue weighted by molar-refractivity contribution is -0.131. The molecule has 0 saturated carbocycles. The van der Waals surface area contributed by atoms with Crippen LogP contribution in [0, 0.1) is 0 Å². The van der Waals surface area contributed by atoms with E-state index >= 15 is 0 Å². The highest BCUT2D eigenvalue weighted by Gasteiger charge is 2.28. The molecule has 0 aliphatic carbocycles. The zero-order valence-corrected chi connectivity index (χ0v) is 7.25. The highest BCUT2D eigenvalue weighted by molar-refractivity contribution is 5.83. The van der Waals surface area contributed by atoms with Crippen LogP contribution in [-0.2, 0) is 9.59 Å². The van der Waals surface area contributed by atoms with Gasteiger partial charge in [-0.15, -0.1) is 0 Å². The number of hydrogen-bond acceptors (Lipinski definition) is 2. The van der Waals surface area contributed by atoms with Crippen molar-refractivity contribution in [1.82, 2.24) is 10.2 Å². The quantitative estimate of drug-likeness (QED) is 0.593. The molecule has 0 radical (unpaired) electrons. The van der Waals surface area contributed by atoms with E-state index in [1.54, 1.807) is 4.90 Å². The van der Waals surface area contributed by atoms with Gasteiger partial charge in [0.15, 0.2) is 0 Å². The molecular weight excluding hydrogens is 156 g/mol. The Labute approximate surface area is 71.9 Å². The first-order chi connectivity index (χ1) is 5.79. The molecule has 1 aliphatic rings. The maximum atomic E-state index is 11.3. The number of likely N-dealkylation sites (N-methyl/N-ethyl adjacent to an activating group) is 1. The van der Waals surface area contributed by atoms with Crippen LogP contribution in [0.1, 0.15) is 19.8 Å². The second kappa shape index (κ2) is 4.09. The number of carbonyl (C=O) groups is 2. The van der Waals surface area contributed by atoms with Gasteiger partial charge in [0.1, 0.15) is 6.04 Å². The molecule has 1 atom stereocenters. The van der Waals surface area contributed by atoms with Crippen molar-refractivity contribution in [2.45, 2.75) is 25.8 Å². The van der Waals surface area contributed by atoms with Gasteiger partial charge in [-0.3, -0.25) is 9.59 Å². The Kier molecular flexibility index (Phi) is 3.08. The molecule has 1 heterocycles. The first-order valence-electron chi connectivity index (χ1n) is 4.28. The van der Waals surface area contributed by atoms with E-state index in [0.717, 1.165) is 19.3 Å².